The van der Waals surface area contributed by atoms with E-state index in [0.29, 0.717) is 22.0 Å². The third kappa shape index (κ3) is 5.60. The molecule has 2 aromatic heterocycles. The van der Waals surface area contributed by atoms with E-state index in [1.807, 2.05) is 61.5 Å². The molecule has 0 saturated heterocycles. The van der Waals surface area contributed by atoms with Crippen molar-refractivity contribution in [2.45, 2.75) is 24.9 Å². The van der Waals surface area contributed by atoms with Gasteiger partial charge in [0.2, 0.25) is 10.0 Å². The molecule has 0 aliphatic carbocycles. The van der Waals surface area contributed by atoms with Gasteiger partial charge in [-0.2, -0.15) is 4.31 Å². The largest absolute Gasteiger partial charge is 0.494 e. The first kappa shape index (κ1) is 27.4. The summed E-state index contributed by atoms with van der Waals surface area (Å²) in [5.41, 5.74) is 3.78. The number of ether oxygens (including phenoxy) is 1. The van der Waals surface area contributed by atoms with E-state index in [2.05, 4.69) is 4.98 Å². The van der Waals surface area contributed by atoms with Crippen LogP contribution in [-0.4, -0.2) is 42.8 Å². The Morgan fingerprint density at radius 3 is 2.33 bits per heavy atom. The van der Waals surface area contributed by atoms with E-state index < -0.39 is 10.0 Å². The van der Waals surface area contributed by atoms with Crippen LogP contribution in [0.15, 0.2) is 96.2 Å². The first-order valence-electron chi connectivity index (χ1n) is 12.5. The SMILES string of the molecule is COc1ccc(C)c2sc(N(Cc3cccnc3)C(=O)c3ccc(S(=O)(=O)N(C)Cc4ccccc4)cc3)nc12. The van der Waals surface area contributed by atoms with Gasteiger partial charge < -0.3 is 4.74 Å². The normalized spacial score (nSPS) is 11.6. The maximum Gasteiger partial charge on any atom is 0.260 e. The molecule has 8 nitrogen and oxygen atoms in total. The van der Waals surface area contributed by atoms with Crippen molar-refractivity contribution in [1.29, 1.82) is 0 Å². The number of carbonyl (C=O) groups excluding carboxylic acids is 1. The molecule has 5 rings (SSSR count). The van der Waals surface area contributed by atoms with Gasteiger partial charge in [-0.1, -0.05) is 53.8 Å². The van der Waals surface area contributed by atoms with Gasteiger partial charge in [-0.3, -0.25) is 14.7 Å². The molecule has 0 radical (unpaired) electrons. The summed E-state index contributed by atoms with van der Waals surface area (Å²) in [4.78, 5) is 24.6. The molecule has 0 bridgehead atoms. The van der Waals surface area contributed by atoms with Gasteiger partial charge in [0.1, 0.15) is 11.3 Å². The average Bonchev–Trinajstić information content (AvgIpc) is 3.43. The number of rotatable bonds is 9. The van der Waals surface area contributed by atoms with Gasteiger partial charge in [-0.05, 0) is 60.0 Å². The summed E-state index contributed by atoms with van der Waals surface area (Å²) >= 11 is 1.41. The Morgan fingerprint density at radius 2 is 1.65 bits per heavy atom. The second kappa shape index (κ2) is 11.5. The van der Waals surface area contributed by atoms with Crippen LogP contribution in [-0.2, 0) is 23.1 Å². The zero-order chi connectivity index (χ0) is 28.3. The number of benzene rings is 3. The fourth-order valence-electron chi connectivity index (χ4n) is 4.31. The van der Waals surface area contributed by atoms with Gasteiger partial charge in [-0.15, -0.1) is 0 Å². The second-order valence-corrected chi connectivity index (χ2v) is 12.3. The van der Waals surface area contributed by atoms with E-state index in [1.165, 1.54) is 27.8 Å². The van der Waals surface area contributed by atoms with Crippen molar-refractivity contribution in [3.63, 3.8) is 0 Å². The number of amides is 1. The van der Waals surface area contributed by atoms with Gasteiger partial charge in [0.05, 0.1) is 23.2 Å². The van der Waals surface area contributed by atoms with Gasteiger partial charge in [0.15, 0.2) is 5.13 Å². The zero-order valence-corrected chi connectivity index (χ0v) is 23.9. The van der Waals surface area contributed by atoms with Crippen LogP contribution in [0.5, 0.6) is 5.75 Å². The van der Waals surface area contributed by atoms with Crippen molar-refractivity contribution < 1.29 is 17.9 Å². The summed E-state index contributed by atoms with van der Waals surface area (Å²) in [6, 6.07) is 22.9. The quantitative estimate of drug-likeness (QED) is 0.226. The van der Waals surface area contributed by atoms with Gasteiger partial charge in [0.25, 0.3) is 5.91 Å². The van der Waals surface area contributed by atoms with Crippen molar-refractivity contribution in [1.82, 2.24) is 14.3 Å². The number of aromatic nitrogens is 2. The number of pyridine rings is 1. The Kier molecular flexibility index (Phi) is 7.92. The lowest BCUT2D eigenvalue weighted by molar-refractivity contribution is 0.0985. The van der Waals surface area contributed by atoms with Gasteiger partial charge >= 0.3 is 0 Å². The van der Waals surface area contributed by atoms with E-state index in [-0.39, 0.29) is 23.9 Å². The predicted octanol–water partition coefficient (Wildman–Crippen LogP) is 5.68. The van der Waals surface area contributed by atoms with E-state index in [4.69, 9.17) is 9.72 Å². The summed E-state index contributed by atoms with van der Waals surface area (Å²) in [6.07, 6.45) is 3.38. The number of thiazole rings is 1. The van der Waals surface area contributed by atoms with Gasteiger partial charge in [-0.25, -0.2) is 13.4 Å². The number of anilines is 1. The van der Waals surface area contributed by atoms with Crippen LogP contribution in [0, 0.1) is 6.92 Å². The third-order valence-corrected chi connectivity index (χ3v) is 9.54. The molecule has 40 heavy (non-hydrogen) atoms. The number of aryl methyl sites for hydroxylation is 1. The van der Waals surface area contributed by atoms with Crippen molar-refractivity contribution >= 4 is 42.6 Å². The van der Waals surface area contributed by atoms with E-state index >= 15 is 0 Å². The fourth-order valence-corrected chi connectivity index (χ4v) is 6.52. The van der Waals surface area contributed by atoms with Crippen molar-refractivity contribution in [3.05, 3.63) is 114 Å². The van der Waals surface area contributed by atoms with E-state index in [1.54, 1.807) is 43.6 Å². The van der Waals surface area contributed by atoms with Crippen molar-refractivity contribution in [3.8, 4) is 5.75 Å². The summed E-state index contributed by atoms with van der Waals surface area (Å²) in [7, 11) is -0.620. The molecule has 0 N–H and O–H groups in total. The molecular formula is C30H28N4O4S2. The summed E-state index contributed by atoms with van der Waals surface area (Å²) in [5, 5.41) is 0.510. The number of carbonyl (C=O) groups is 1. The number of methoxy groups -OCH3 is 1. The molecule has 1 amide bonds. The summed E-state index contributed by atoms with van der Waals surface area (Å²) in [5.74, 6) is 0.326. The molecule has 5 aromatic rings. The molecular weight excluding hydrogens is 544 g/mol. The average molecular weight is 573 g/mol. The maximum absolute atomic E-state index is 13.9. The molecule has 0 aliphatic heterocycles. The second-order valence-electron chi connectivity index (χ2n) is 9.28. The number of sulfonamides is 1. The molecule has 0 aliphatic rings. The molecule has 0 atom stereocenters. The highest BCUT2D eigenvalue weighted by Gasteiger charge is 2.25. The highest BCUT2D eigenvalue weighted by atomic mass is 32.2. The molecule has 10 heteroatoms. The monoisotopic (exact) mass is 572 g/mol. The Morgan fingerprint density at radius 1 is 0.925 bits per heavy atom. The highest BCUT2D eigenvalue weighted by Crippen LogP contribution is 2.37. The lowest BCUT2D eigenvalue weighted by Gasteiger charge is -2.21. The maximum atomic E-state index is 13.9. The van der Waals surface area contributed by atoms with Crippen LogP contribution in [0.1, 0.15) is 27.0 Å². The minimum absolute atomic E-state index is 0.113. The van der Waals surface area contributed by atoms with Crippen LogP contribution in [0.2, 0.25) is 0 Å². The lowest BCUT2D eigenvalue weighted by atomic mass is 10.2. The number of hydrogen-bond donors (Lipinski definition) is 0. The van der Waals surface area contributed by atoms with Gasteiger partial charge in [0, 0.05) is 31.5 Å². The summed E-state index contributed by atoms with van der Waals surface area (Å²) in [6.45, 7) is 2.47. The number of hydrogen-bond acceptors (Lipinski definition) is 7. The molecule has 0 saturated carbocycles. The Labute approximate surface area is 237 Å². The first-order valence-corrected chi connectivity index (χ1v) is 14.8. The minimum atomic E-state index is -3.75. The predicted molar refractivity (Wildman–Crippen MR) is 157 cm³/mol. The molecule has 0 fully saturated rings. The van der Waals surface area contributed by atoms with Crippen LogP contribution in [0.4, 0.5) is 5.13 Å². The summed E-state index contributed by atoms with van der Waals surface area (Å²) < 4.78 is 34.2. The van der Waals surface area contributed by atoms with Crippen LogP contribution >= 0.6 is 11.3 Å². The number of nitrogens with zero attached hydrogens (tertiary/aromatic N) is 4. The van der Waals surface area contributed by atoms with E-state index in [0.717, 1.165) is 21.4 Å². The third-order valence-electron chi connectivity index (χ3n) is 6.51. The Balaban J connectivity index is 1.46. The molecule has 0 spiro atoms. The van der Waals surface area contributed by atoms with Crippen molar-refractivity contribution in [2.75, 3.05) is 19.1 Å². The van der Waals surface area contributed by atoms with Crippen LogP contribution in [0.3, 0.4) is 0 Å². The molecule has 2 heterocycles. The Hall–Kier alpha value is -4.12. The van der Waals surface area contributed by atoms with Crippen LogP contribution < -0.4 is 9.64 Å². The fraction of sp³-hybridized carbons (Fsp3) is 0.167. The van der Waals surface area contributed by atoms with Crippen molar-refractivity contribution in [2.24, 2.45) is 0 Å². The molecule has 204 valence electrons. The smallest absolute Gasteiger partial charge is 0.260 e. The highest BCUT2D eigenvalue weighted by molar-refractivity contribution is 7.89. The standard InChI is InChI=1S/C30H28N4O4S2/c1-21-11-16-26(38-3)27-28(21)39-30(32-27)34(20-23-10-7-17-31-18-23)29(35)24-12-14-25(15-13-24)40(36,37)33(2)19-22-8-5-4-6-9-22/h4-18H,19-20H2,1-3H3. The number of fused-ring (bicyclic) bond motifs is 1. The molecule has 0 unspecified atom stereocenters. The molecule has 3 aromatic carbocycles. The van der Waals surface area contributed by atoms with E-state index in [9.17, 15) is 13.2 Å². The topological polar surface area (TPSA) is 92.7 Å². The minimum Gasteiger partial charge on any atom is -0.494 e. The lowest BCUT2D eigenvalue weighted by Crippen LogP contribution is -2.30. The Bertz CT molecular complexity index is 1740. The van der Waals surface area contributed by atoms with Crippen LogP contribution in [0.25, 0.3) is 10.2 Å². The zero-order valence-electron chi connectivity index (χ0n) is 22.3. The first-order chi connectivity index (χ1) is 19.3.